The van der Waals surface area contributed by atoms with E-state index in [4.69, 9.17) is 4.52 Å². The Labute approximate surface area is 131 Å². The average molecular weight is 320 g/mol. The maximum Gasteiger partial charge on any atom is 0.218 e. The number of aromatic nitrogens is 1. The van der Waals surface area contributed by atoms with E-state index in [9.17, 15) is 8.42 Å². The van der Waals surface area contributed by atoms with Crippen molar-refractivity contribution in [2.75, 3.05) is 6.54 Å². The summed E-state index contributed by atoms with van der Waals surface area (Å²) in [6, 6.07) is 9.15. The molecule has 0 N–H and O–H groups in total. The van der Waals surface area contributed by atoms with Gasteiger partial charge in [0.2, 0.25) is 10.0 Å². The zero-order valence-corrected chi connectivity index (χ0v) is 13.6. The molecule has 0 aliphatic carbocycles. The minimum absolute atomic E-state index is 0.0354. The average Bonchev–Trinajstić information content (AvgIpc) is 3.07. The third-order valence-corrected chi connectivity index (χ3v) is 6.02. The Morgan fingerprint density at radius 3 is 2.64 bits per heavy atom. The Balaban J connectivity index is 1.89. The van der Waals surface area contributed by atoms with Crippen LogP contribution in [0.5, 0.6) is 0 Å². The Morgan fingerprint density at radius 2 is 2.00 bits per heavy atom. The summed E-state index contributed by atoms with van der Waals surface area (Å²) in [7, 11) is -3.36. The lowest BCUT2D eigenvalue weighted by Crippen LogP contribution is -2.32. The van der Waals surface area contributed by atoms with E-state index >= 15 is 0 Å². The van der Waals surface area contributed by atoms with Crippen molar-refractivity contribution in [3.63, 3.8) is 0 Å². The van der Waals surface area contributed by atoms with Gasteiger partial charge in [-0.2, -0.15) is 4.31 Å². The van der Waals surface area contributed by atoms with Gasteiger partial charge in [0.1, 0.15) is 5.76 Å². The molecule has 1 fully saturated rings. The third kappa shape index (κ3) is 2.80. The molecule has 0 bridgehead atoms. The van der Waals surface area contributed by atoms with Crippen LogP contribution in [0.15, 0.2) is 34.9 Å². The fourth-order valence-electron chi connectivity index (χ4n) is 3.20. The molecule has 2 heterocycles. The van der Waals surface area contributed by atoms with E-state index in [1.165, 1.54) is 0 Å². The molecule has 1 saturated heterocycles. The minimum atomic E-state index is -3.36. The summed E-state index contributed by atoms with van der Waals surface area (Å²) in [6.07, 6.45) is 1.68. The van der Waals surface area contributed by atoms with Crippen molar-refractivity contribution in [2.24, 2.45) is 0 Å². The summed E-state index contributed by atoms with van der Waals surface area (Å²) in [5.41, 5.74) is 2.52. The molecule has 2 aromatic rings. The van der Waals surface area contributed by atoms with Crippen LogP contribution in [0.1, 0.15) is 41.5 Å². The molecule has 3 rings (SSSR count). The van der Waals surface area contributed by atoms with Gasteiger partial charge in [-0.3, -0.25) is 0 Å². The molecule has 1 aliphatic heterocycles. The first-order valence-electron chi connectivity index (χ1n) is 7.45. The van der Waals surface area contributed by atoms with Gasteiger partial charge in [0.05, 0.1) is 17.5 Å². The number of benzene rings is 1. The number of hydrogen-bond acceptors (Lipinski definition) is 4. The van der Waals surface area contributed by atoms with E-state index < -0.39 is 10.0 Å². The molecule has 6 heteroatoms. The Bertz CT molecular complexity index is 733. The number of nitrogens with zero attached hydrogens (tertiary/aromatic N) is 2. The van der Waals surface area contributed by atoms with E-state index in [0.29, 0.717) is 12.3 Å². The smallest absolute Gasteiger partial charge is 0.218 e. The maximum atomic E-state index is 12.8. The lowest BCUT2D eigenvalue weighted by Gasteiger charge is -2.24. The van der Waals surface area contributed by atoms with E-state index in [1.54, 1.807) is 4.31 Å². The van der Waals surface area contributed by atoms with Crippen LogP contribution in [0.4, 0.5) is 0 Å². The summed E-state index contributed by atoms with van der Waals surface area (Å²) >= 11 is 0. The van der Waals surface area contributed by atoms with Crippen LogP contribution in [0.25, 0.3) is 0 Å². The van der Waals surface area contributed by atoms with Gasteiger partial charge in [-0.05, 0) is 32.3 Å². The summed E-state index contributed by atoms with van der Waals surface area (Å²) < 4.78 is 32.4. The van der Waals surface area contributed by atoms with Gasteiger partial charge in [-0.25, -0.2) is 8.42 Å². The standard InChI is InChI=1S/C16H20N2O3S/c1-12-16(13(2)21-17-12)15-9-6-10-18(15)22(19,20)11-14-7-4-3-5-8-14/h3-5,7-8,15H,6,9-11H2,1-2H3/t15-/m0/s1. The minimum Gasteiger partial charge on any atom is -0.361 e. The Kier molecular flexibility index (Phi) is 4.06. The molecule has 1 aromatic carbocycles. The normalized spacial score (nSPS) is 19.6. The summed E-state index contributed by atoms with van der Waals surface area (Å²) in [5, 5.41) is 3.96. The fourth-order valence-corrected chi connectivity index (χ4v) is 4.98. The molecule has 5 nitrogen and oxygen atoms in total. The van der Waals surface area contributed by atoms with Gasteiger partial charge >= 0.3 is 0 Å². The van der Waals surface area contributed by atoms with Gasteiger partial charge in [-0.15, -0.1) is 0 Å². The van der Waals surface area contributed by atoms with Gasteiger partial charge in [0, 0.05) is 12.1 Å². The van der Waals surface area contributed by atoms with Gasteiger partial charge in [0.15, 0.2) is 0 Å². The quantitative estimate of drug-likeness (QED) is 0.869. The zero-order valence-electron chi connectivity index (χ0n) is 12.8. The highest BCUT2D eigenvalue weighted by molar-refractivity contribution is 7.88. The molecule has 22 heavy (non-hydrogen) atoms. The topological polar surface area (TPSA) is 63.4 Å². The Morgan fingerprint density at radius 1 is 1.27 bits per heavy atom. The van der Waals surface area contributed by atoms with Crippen molar-refractivity contribution < 1.29 is 12.9 Å². The number of rotatable bonds is 4. The second-order valence-corrected chi connectivity index (χ2v) is 7.67. The number of aryl methyl sites for hydroxylation is 2. The molecule has 1 aliphatic rings. The molecule has 0 saturated carbocycles. The van der Waals surface area contributed by atoms with E-state index in [2.05, 4.69) is 5.16 Å². The van der Waals surface area contributed by atoms with Crippen molar-refractivity contribution in [3.8, 4) is 0 Å². The van der Waals surface area contributed by atoms with Crippen LogP contribution in [0.3, 0.4) is 0 Å². The molecule has 118 valence electrons. The SMILES string of the molecule is Cc1noc(C)c1[C@@H]1CCCN1S(=O)(=O)Cc1ccccc1. The van der Waals surface area contributed by atoms with Crippen molar-refractivity contribution in [1.82, 2.24) is 9.46 Å². The highest BCUT2D eigenvalue weighted by Gasteiger charge is 2.37. The molecule has 1 atom stereocenters. The lowest BCUT2D eigenvalue weighted by molar-refractivity contribution is 0.376. The van der Waals surface area contributed by atoms with Crippen LogP contribution < -0.4 is 0 Å². The first-order valence-corrected chi connectivity index (χ1v) is 9.06. The number of hydrogen-bond donors (Lipinski definition) is 0. The van der Waals surface area contributed by atoms with Crippen molar-refractivity contribution in [1.29, 1.82) is 0 Å². The Hall–Kier alpha value is -1.66. The molecule has 0 radical (unpaired) electrons. The second kappa shape index (κ2) is 5.85. The molecular formula is C16H20N2O3S. The molecule has 0 spiro atoms. The first-order chi connectivity index (χ1) is 10.5. The van der Waals surface area contributed by atoms with Gasteiger partial charge in [-0.1, -0.05) is 35.5 Å². The monoisotopic (exact) mass is 320 g/mol. The third-order valence-electron chi connectivity index (χ3n) is 4.17. The molecular weight excluding hydrogens is 300 g/mol. The lowest BCUT2D eigenvalue weighted by atomic mass is 10.0. The zero-order chi connectivity index (χ0) is 15.7. The van der Waals surface area contributed by atoms with Crippen LogP contribution in [-0.4, -0.2) is 24.4 Å². The largest absolute Gasteiger partial charge is 0.361 e. The molecule has 0 unspecified atom stereocenters. The van der Waals surface area contributed by atoms with Gasteiger partial charge < -0.3 is 4.52 Å². The number of sulfonamides is 1. The van der Waals surface area contributed by atoms with E-state index in [1.807, 2.05) is 44.2 Å². The molecule has 1 aromatic heterocycles. The van der Waals surface area contributed by atoms with Crippen molar-refractivity contribution >= 4 is 10.0 Å². The van der Waals surface area contributed by atoms with E-state index in [0.717, 1.165) is 29.7 Å². The van der Waals surface area contributed by atoms with Gasteiger partial charge in [0.25, 0.3) is 0 Å². The highest BCUT2D eigenvalue weighted by Crippen LogP contribution is 2.38. The van der Waals surface area contributed by atoms with Crippen LogP contribution in [-0.2, 0) is 15.8 Å². The first kappa shape index (κ1) is 15.2. The maximum absolute atomic E-state index is 12.8. The predicted octanol–water partition coefficient (Wildman–Crippen LogP) is 2.96. The second-order valence-electron chi connectivity index (χ2n) is 5.75. The van der Waals surface area contributed by atoms with Crippen molar-refractivity contribution in [2.45, 2.75) is 38.5 Å². The summed E-state index contributed by atoms with van der Waals surface area (Å²) in [6.45, 7) is 4.27. The molecule has 0 amide bonds. The van der Waals surface area contributed by atoms with Crippen LogP contribution in [0.2, 0.25) is 0 Å². The fraction of sp³-hybridized carbons (Fsp3) is 0.438. The van der Waals surface area contributed by atoms with Crippen LogP contribution in [0, 0.1) is 13.8 Å². The van der Waals surface area contributed by atoms with E-state index in [-0.39, 0.29) is 11.8 Å². The van der Waals surface area contributed by atoms with Crippen LogP contribution >= 0.6 is 0 Å². The summed E-state index contributed by atoms with van der Waals surface area (Å²) in [4.78, 5) is 0. The van der Waals surface area contributed by atoms with Crippen molar-refractivity contribution in [3.05, 3.63) is 52.9 Å². The summed E-state index contributed by atoms with van der Waals surface area (Å²) in [5.74, 6) is 0.748. The predicted molar refractivity (Wildman–Crippen MR) is 83.7 cm³/mol. The highest BCUT2D eigenvalue weighted by atomic mass is 32.2.